The molecule has 0 aliphatic heterocycles. The zero-order chi connectivity index (χ0) is 10.9. The summed E-state index contributed by atoms with van der Waals surface area (Å²) in [5.74, 6) is -0.322. The number of rotatable bonds is 4. The average Bonchev–Trinajstić information content (AvgIpc) is 2.28. The van der Waals surface area contributed by atoms with E-state index >= 15 is 0 Å². The first kappa shape index (κ1) is 11.2. The molecule has 0 amide bonds. The monoisotopic (exact) mass is 202 g/mol. The fourth-order valence-electron chi connectivity index (χ4n) is 1.00. The third-order valence-electron chi connectivity index (χ3n) is 1.77. The van der Waals surface area contributed by atoms with Crippen LogP contribution in [0.1, 0.15) is 12.5 Å². The van der Waals surface area contributed by atoms with E-state index in [0.29, 0.717) is 6.61 Å². The number of carbonyl (C=O) groups is 1. The summed E-state index contributed by atoms with van der Waals surface area (Å²) in [7, 11) is 0. The molecular formula is C13H14O2. The molecule has 0 aliphatic carbocycles. The van der Waals surface area contributed by atoms with Gasteiger partial charge in [-0.3, -0.25) is 0 Å². The Labute approximate surface area is 89.9 Å². The zero-order valence-electron chi connectivity index (χ0n) is 8.72. The van der Waals surface area contributed by atoms with Gasteiger partial charge in [-0.2, -0.15) is 0 Å². The molecule has 0 heterocycles. The average molecular weight is 202 g/mol. The second-order valence-electron chi connectivity index (χ2n) is 2.94. The fraction of sp³-hybridized carbons (Fsp3) is 0.154. The number of ether oxygens (including phenoxy) is 1. The number of hydrogen-bond donors (Lipinski definition) is 0. The smallest absolute Gasteiger partial charge is 0.331 e. The van der Waals surface area contributed by atoms with Crippen molar-refractivity contribution < 1.29 is 9.53 Å². The van der Waals surface area contributed by atoms with Gasteiger partial charge in [-0.15, -0.1) is 0 Å². The van der Waals surface area contributed by atoms with Crippen LogP contribution in [0.15, 0.2) is 48.6 Å². The van der Waals surface area contributed by atoms with Gasteiger partial charge in [0, 0.05) is 6.08 Å². The predicted octanol–water partition coefficient (Wildman–Crippen LogP) is 2.82. The topological polar surface area (TPSA) is 26.3 Å². The Morgan fingerprint density at radius 3 is 2.73 bits per heavy atom. The molecule has 0 aromatic heterocycles. The van der Waals surface area contributed by atoms with Crippen molar-refractivity contribution in [2.45, 2.75) is 6.92 Å². The Morgan fingerprint density at radius 2 is 2.07 bits per heavy atom. The number of hydrogen-bond acceptors (Lipinski definition) is 2. The standard InChI is InChI=1S/C13H14O2/c1-2-3-11-15-13(14)10-9-12-7-5-4-6-8-12/h2-10H,11H2,1H3/b3-2+,10-9+. The minimum Gasteiger partial charge on any atom is -0.458 e. The van der Waals surface area contributed by atoms with E-state index in [0.717, 1.165) is 5.56 Å². The summed E-state index contributed by atoms with van der Waals surface area (Å²) in [6, 6.07) is 9.63. The Balaban J connectivity index is 2.41. The first-order chi connectivity index (χ1) is 7.33. The van der Waals surface area contributed by atoms with E-state index in [1.807, 2.05) is 43.3 Å². The normalized spacial score (nSPS) is 11.0. The van der Waals surface area contributed by atoms with E-state index in [4.69, 9.17) is 4.74 Å². The van der Waals surface area contributed by atoms with E-state index in [-0.39, 0.29) is 5.97 Å². The Bertz CT molecular complexity index is 350. The lowest BCUT2D eigenvalue weighted by atomic mass is 10.2. The van der Waals surface area contributed by atoms with Crippen molar-refractivity contribution in [2.24, 2.45) is 0 Å². The summed E-state index contributed by atoms with van der Waals surface area (Å²) in [4.78, 5) is 11.1. The third-order valence-corrected chi connectivity index (χ3v) is 1.77. The van der Waals surface area contributed by atoms with Crippen molar-refractivity contribution >= 4 is 12.0 Å². The predicted molar refractivity (Wildman–Crippen MR) is 61.2 cm³/mol. The highest BCUT2D eigenvalue weighted by Crippen LogP contribution is 2.00. The number of esters is 1. The third kappa shape index (κ3) is 4.81. The zero-order valence-corrected chi connectivity index (χ0v) is 8.72. The van der Waals surface area contributed by atoms with Gasteiger partial charge in [0.2, 0.25) is 0 Å². The van der Waals surface area contributed by atoms with E-state index in [9.17, 15) is 4.79 Å². The van der Waals surface area contributed by atoms with Gasteiger partial charge < -0.3 is 4.74 Å². The lowest BCUT2D eigenvalue weighted by Gasteiger charge is -1.95. The second-order valence-corrected chi connectivity index (χ2v) is 2.94. The molecule has 0 fully saturated rings. The highest BCUT2D eigenvalue weighted by molar-refractivity contribution is 5.87. The minimum absolute atomic E-state index is 0.322. The van der Waals surface area contributed by atoms with Crippen LogP contribution >= 0.6 is 0 Å². The number of benzene rings is 1. The lowest BCUT2D eigenvalue weighted by molar-refractivity contribution is -0.136. The SMILES string of the molecule is C/C=C/COC(=O)/C=C/c1ccccc1. The van der Waals surface area contributed by atoms with Crippen LogP contribution in [0.3, 0.4) is 0 Å². The molecule has 2 nitrogen and oxygen atoms in total. The van der Waals surface area contributed by atoms with Crippen molar-refractivity contribution in [3.8, 4) is 0 Å². The van der Waals surface area contributed by atoms with Crippen LogP contribution in [0.2, 0.25) is 0 Å². The molecule has 0 spiro atoms. The van der Waals surface area contributed by atoms with Crippen LogP contribution in [0.5, 0.6) is 0 Å². The molecular weight excluding hydrogens is 188 g/mol. The molecule has 0 aliphatic rings. The van der Waals surface area contributed by atoms with E-state index < -0.39 is 0 Å². The summed E-state index contributed by atoms with van der Waals surface area (Å²) < 4.78 is 4.89. The molecule has 0 unspecified atom stereocenters. The summed E-state index contributed by atoms with van der Waals surface area (Å²) in [5.41, 5.74) is 0.987. The maximum atomic E-state index is 11.1. The highest BCUT2D eigenvalue weighted by atomic mass is 16.5. The van der Waals surface area contributed by atoms with Crippen LogP contribution in [-0.4, -0.2) is 12.6 Å². The van der Waals surface area contributed by atoms with Gasteiger partial charge in [-0.05, 0) is 18.6 Å². The molecule has 15 heavy (non-hydrogen) atoms. The van der Waals surface area contributed by atoms with Gasteiger partial charge >= 0.3 is 5.97 Å². The van der Waals surface area contributed by atoms with Crippen molar-refractivity contribution in [2.75, 3.05) is 6.61 Å². The summed E-state index contributed by atoms with van der Waals surface area (Å²) in [6.07, 6.45) is 6.79. The van der Waals surface area contributed by atoms with Gasteiger partial charge in [0.15, 0.2) is 0 Å². The number of allylic oxidation sites excluding steroid dienone is 1. The van der Waals surface area contributed by atoms with Crippen LogP contribution in [0.4, 0.5) is 0 Å². The van der Waals surface area contributed by atoms with Gasteiger partial charge in [0.1, 0.15) is 6.61 Å². The summed E-state index contributed by atoms with van der Waals surface area (Å²) in [5, 5.41) is 0. The van der Waals surface area contributed by atoms with Crippen LogP contribution in [0.25, 0.3) is 6.08 Å². The maximum absolute atomic E-state index is 11.1. The molecule has 0 saturated heterocycles. The largest absolute Gasteiger partial charge is 0.458 e. The molecule has 0 N–H and O–H groups in total. The van der Waals surface area contributed by atoms with Gasteiger partial charge in [-0.1, -0.05) is 42.5 Å². The molecule has 0 atom stereocenters. The van der Waals surface area contributed by atoms with Gasteiger partial charge in [-0.25, -0.2) is 4.79 Å². The van der Waals surface area contributed by atoms with Crippen molar-refractivity contribution in [1.29, 1.82) is 0 Å². The highest BCUT2D eigenvalue weighted by Gasteiger charge is 1.93. The maximum Gasteiger partial charge on any atom is 0.331 e. The van der Waals surface area contributed by atoms with Crippen LogP contribution in [0, 0.1) is 0 Å². The first-order valence-electron chi connectivity index (χ1n) is 4.84. The minimum atomic E-state index is -0.322. The Morgan fingerprint density at radius 1 is 1.33 bits per heavy atom. The van der Waals surface area contributed by atoms with Gasteiger partial charge in [0.05, 0.1) is 0 Å². The molecule has 0 saturated carbocycles. The quantitative estimate of drug-likeness (QED) is 0.426. The fourth-order valence-corrected chi connectivity index (χ4v) is 1.00. The summed E-state index contributed by atoms with van der Waals surface area (Å²) >= 11 is 0. The molecule has 1 rings (SSSR count). The van der Waals surface area contributed by atoms with Gasteiger partial charge in [0.25, 0.3) is 0 Å². The molecule has 2 heteroatoms. The van der Waals surface area contributed by atoms with E-state index in [1.54, 1.807) is 12.2 Å². The summed E-state index contributed by atoms with van der Waals surface area (Å²) in [6.45, 7) is 2.21. The van der Waals surface area contributed by atoms with Crippen LogP contribution in [-0.2, 0) is 9.53 Å². The second kappa shape index (κ2) is 6.60. The first-order valence-corrected chi connectivity index (χ1v) is 4.84. The molecule has 1 aromatic rings. The van der Waals surface area contributed by atoms with Crippen molar-refractivity contribution in [3.63, 3.8) is 0 Å². The van der Waals surface area contributed by atoms with E-state index in [1.165, 1.54) is 6.08 Å². The molecule has 1 aromatic carbocycles. The van der Waals surface area contributed by atoms with Crippen molar-refractivity contribution in [3.05, 3.63) is 54.1 Å². The molecule has 78 valence electrons. The lowest BCUT2D eigenvalue weighted by Crippen LogP contribution is -1.99. The number of carbonyl (C=O) groups excluding carboxylic acids is 1. The molecule has 0 radical (unpaired) electrons. The Hall–Kier alpha value is -1.83. The van der Waals surface area contributed by atoms with Crippen molar-refractivity contribution in [1.82, 2.24) is 0 Å². The Kier molecular flexibility index (Phi) is 4.95. The molecule has 0 bridgehead atoms. The van der Waals surface area contributed by atoms with Crippen LogP contribution < -0.4 is 0 Å². The van der Waals surface area contributed by atoms with E-state index in [2.05, 4.69) is 0 Å².